The second kappa shape index (κ2) is 6.26. The van der Waals surface area contributed by atoms with Gasteiger partial charge in [0.1, 0.15) is 4.88 Å². The van der Waals surface area contributed by atoms with Crippen LogP contribution in [0.4, 0.5) is 5.69 Å². The molecule has 2 aromatic rings. The van der Waals surface area contributed by atoms with Crippen molar-refractivity contribution in [2.24, 2.45) is 11.0 Å². The van der Waals surface area contributed by atoms with Crippen LogP contribution in [-0.2, 0) is 9.53 Å². The molecule has 0 N–H and O–H groups in total. The van der Waals surface area contributed by atoms with Gasteiger partial charge in [-0.2, -0.15) is 10.1 Å². The fraction of sp³-hybridized carbons (Fsp3) is 0.353. The van der Waals surface area contributed by atoms with Crippen LogP contribution in [0.5, 0.6) is 0 Å². The van der Waals surface area contributed by atoms with Crippen molar-refractivity contribution in [2.45, 2.75) is 24.5 Å². The smallest absolute Gasteiger partial charge is 0.350 e. The molecule has 0 bridgehead atoms. The van der Waals surface area contributed by atoms with E-state index in [0.29, 0.717) is 17.0 Å². The van der Waals surface area contributed by atoms with E-state index in [1.165, 1.54) is 32.5 Å². The molecule has 0 aliphatic carbocycles. The van der Waals surface area contributed by atoms with Gasteiger partial charge in [0.25, 0.3) is 0 Å². The molecule has 1 atom stereocenters. The third kappa shape index (κ3) is 2.82. The van der Waals surface area contributed by atoms with E-state index in [2.05, 4.69) is 13.0 Å². The zero-order valence-electron chi connectivity index (χ0n) is 14.0. The Kier molecular flexibility index (Phi) is 4.21. The van der Waals surface area contributed by atoms with Crippen molar-refractivity contribution in [3.63, 3.8) is 0 Å². The largest absolute Gasteiger partial charge is 0.465 e. The molecule has 0 radical (unpaired) electrons. The molecule has 0 aromatic carbocycles. The molecule has 1 unspecified atom stereocenters. The number of anilines is 1. The highest BCUT2D eigenvalue weighted by Crippen LogP contribution is 2.43. The van der Waals surface area contributed by atoms with Gasteiger partial charge in [-0.05, 0) is 26.0 Å². The van der Waals surface area contributed by atoms with Crippen LogP contribution in [0.2, 0.25) is 0 Å². The molecule has 1 amide bonds. The zero-order valence-corrected chi connectivity index (χ0v) is 16.4. The Morgan fingerprint density at radius 1 is 1.28 bits per heavy atom. The summed E-state index contributed by atoms with van der Waals surface area (Å²) in [6, 6.07) is 3.97. The van der Waals surface area contributed by atoms with Crippen LogP contribution in [0.1, 0.15) is 31.4 Å². The highest BCUT2D eigenvalue weighted by atomic mass is 32.2. The minimum Gasteiger partial charge on any atom is -0.465 e. The Bertz CT molecular complexity index is 912. The summed E-state index contributed by atoms with van der Waals surface area (Å²) in [7, 11) is 1.35. The maximum Gasteiger partial charge on any atom is 0.350 e. The number of methoxy groups -OCH3 is 1. The summed E-state index contributed by atoms with van der Waals surface area (Å²) in [5.41, 5.74) is 2.61. The molecule has 130 valence electrons. The summed E-state index contributed by atoms with van der Waals surface area (Å²) in [6.45, 7) is 3.99. The molecule has 8 heteroatoms. The number of aryl methyl sites for hydroxylation is 2. The Morgan fingerprint density at radius 3 is 2.80 bits per heavy atom. The van der Waals surface area contributed by atoms with Gasteiger partial charge in [0.05, 0.1) is 22.7 Å². The molecule has 0 spiro atoms. The summed E-state index contributed by atoms with van der Waals surface area (Å²) in [5.74, 6) is 0.497. The standard InChI is InChI=1S/C17H16N2O3S3/c1-8-4-11-14-10(7-23-17(11)25-8)6-13(20)19(18-14)12-5-9(2)24-15(12)16(21)22-3/h4-5,10H,6-7H2,1-3H3. The van der Waals surface area contributed by atoms with Gasteiger partial charge in [-0.1, -0.05) is 0 Å². The number of fused-ring (bicyclic) bond motifs is 3. The number of carbonyl (C=O) groups is 2. The number of hydrogen-bond acceptors (Lipinski definition) is 7. The Hall–Kier alpha value is -1.64. The summed E-state index contributed by atoms with van der Waals surface area (Å²) >= 11 is 4.89. The number of rotatable bonds is 2. The topological polar surface area (TPSA) is 59.0 Å². The lowest BCUT2D eigenvalue weighted by Crippen LogP contribution is -2.39. The number of thioether (sulfide) groups is 1. The SMILES string of the molecule is COC(=O)c1sc(C)cc1N1N=C2c3cc(C)sc3SCC2CC1=O. The average molecular weight is 393 g/mol. The van der Waals surface area contributed by atoms with Gasteiger partial charge in [0.2, 0.25) is 5.91 Å². The van der Waals surface area contributed by atoms with Crippen molar-refractivity contribution in [3.05, 3.63) is 32.3 Å². The summed E-state index contributed by atoms with van der Waals surface area (Å²) < 4.78 is 6.13. The van der Waals surface area contributed by atoms with Gasteiger partial charge < -0.3 is 4.74 Å². The van der Waals surface area contributed by atoms with Gasteiger partial charge in [-0.15, -0.1) is 34.4 Å². The first-order chi connectivity index (χ1) is 12.0. The number of hydrazone groups is 1. The number of ether oxygens (including phenoxy) is 1. The predicted octanol–water partition coefficient (Wildman–Crippen LogP) is 4.08. The molecule has 2 aliphatic heterocycles. The fourth-order valence-corrected chi connectivity index (χ4v) is 6.52. The third-order valence-corrected chi connectivity index (χ3v) is 7.72. The minimum atomic E-state index is -0.436. The quantitative estimate of drug-likeness (QED) is 0.723. The third-order valence-electron chi connectivity index (χ3n) is 4.20. The van der Waals surface area contributed by atoms with Crippen LogP contribution in [0.25, 0.3) is 0 Å². The first kappa shape index (κ1) is 16.8. The molecule has 0 saturated carbocycles. The van der Waals surface area contributed by atoms with E-state index in [1.807, 2.05) is 13.0 Å². The fourth-order valence-electron chi connectivity index (χ4n) is 3.09. The van der Waals surface area contributed by atoms with Gasteiger partial charge in [0.15, 0.2) is 0 Å². The molecule has 25 heavy (non-hydrogen) atoms. The first-order valence-corrected chi connectivity index (χ1v) is 10.4. The number of nitrogens with zero attached hydrogens (tertiary/aromatic N) is 2. The Morgan fingerprint density at radius 2 is 2.04 bits per heavy atom. The monoisotopic (exact) mass is 392 g/mol. The summed E-state index contributed by atoms with van der Waals surface area (Å²) in [4.78, 5) is 27.4. The molecule has 0 saturated heterocycles. The molecule has 2 aromatic heterocycles. The molecule has 0 fully saturated rings. The van der Waals surface area contributed by atoms with Crippen LogP contribution >= 0.6 is 34.4 Å². The highest BCUT2D eigenvalue weighted by molar-refractivity contribution is 8.01. The van der Waals surface area contributed by atoms with E-state index in [0.717, 1.165) is 21.9 Å². The zero-order chi connectivity index (χ0) is 17.7. The molecule has 2 aliphatic rings. The van der Waals surface area contributed by atoms with E-state index in [1.54, 1.807) is 23.1 Å². The van der Waals surface area contributed by atoms with Crippen molar-refractivity contribution >= 4 is 57.7 Å². The van der Waals surface area contributed by atoms with E-state index < -0.39 is 5.97 Å². The van der Waals surface area contributed by atoms with Crippen LogP contribution < -0.4 is 5.01 Å². The lowest BCUT2D eigenvalue weighted by atomic mass is 9.94. The minimum absolute atomic E-state index is 0.0762. The Balaban J connectivity index is 1.82. The molecule has 4 rings (SSSR count). The number of hydrogen-bond donors (Lipinski definition) is 0. The first-order valence-electron chi connectivity index (χ1n) is 7.81. The van der Waals surface area contributed by atoms with Crippen molar-refractivity contribution < 1.29 is 14.3 Å². The van der Waals surface area contributed by atoms with Crippen LogP contribution in [0.15, 0.2) is 21.4 Å². The average Bonchev–Trinajstić information content (AvgIpc) is 3.15. The highest BCUT2D eigenvalue weighted by Gasteiger charge is 2.37. The Labute approximate surface area is 157 Å². The maximum absolute atomic E-state index is 12.7. The van der Waals surface area contributed by atoms with E-state index in [9.17, 15) is 9.59 Å². The van der Waals surface area contributed by atoms with Gasteiger partial charge in [-0.3, -0.25) is 4.79 Å². The van der Waals surface area contributed by atoms with E-state index in [4.69, 9.17) is 9.84 Å². The lowest BCUT2D eigenvalue weighted by Gasteiger charge is -2.31. The maximum atomic E-state index is 12.7. The van der Waals surface area contributed by atoms with Crippen molar-refractivity contribution in [1.29, 1.82) is 0 Å². The lowest BCUT2D eigenvalue weighted by molar-refractivity contribution is -0.119. The van der Waals surface area contributed by atoms with Crippen molar-refractivity contribution in [2.75, 3.05) is 17.9 Å². The second-order valence-electron chi connectivity index (χ2n) is 6.02. The van der Waals surface area contributed by atoms with Crippen molar-refractivity contribution in [3.8, 4) is 0 Å². The molecular formula is C17H16N2O3S3. The molecule has 5 nitrogen and oxygen atoms in total. The number of carbonyl (C=O) groups excluding carboxylic acids is 2. The van der Waals surface area contributed by atoms with Gasteiger partial charge >= 0.3 is 5.97 Å². The number of amides is 1. The van der Waals surface area contributed by atoms with E-state index in [-0.39, 0.29) is 11.8 Å². The van der Waals surface area contributed by atoms with Gasteiger partial charge in [0, 0.05) is 33.4 Å². The predicted molar refractivity (Wildman–Crippen MR) is 102 cm³/mol. The number of thiophene rings is 2. The van der Waals surface area contributed by atoms with Crippen LogP contribution in [0, 0.1) is 19.8 Å². The second-order valence-corrected chi connectivity index (χ2v) is 9.83. The van der Waals surface area contributed by atoms with Crippen LogP contribution in [-0.4, -0.2) is 30.5 Å². The summed E-state index contributed by atoms with van der Waals surface area (Å²) in [5, 5.41) is 6.09. The number of esters is 1. The van der Waals surface area contributed by atoms with Crippen molar-refractivity contribution in [1.82, 2.24) is 0 Å². The normalized spacial score (nSPS) is 19.3. The molecule has 4 heterocycles. The van der Waals surface area contributed by atoms with Gasteiger partial charge in [-0.25, -0.2) is 4.79 Å². The van der Waals surface area contributed by atoms with E-state index >= 15 is 0 Å². The summed E-state index contributed by atoms with van der Waals surface area (Å²) in [6.07, 6.45) is 0.412. The van der Waals surface area contributed by atoms with Crippen LogP contribution in [0.3, 0.4) is 0 Å². The molecular weight excluding hydrogens is 376 g/mol.